The maximum atomic E-state index is 13.9. The van der Waals surface area contributed by atoms with E-state index in [4.69, 9.17) is 30.7 Å². The second-order valence-electron chi connectivity index (χ2n) is 6.25. The van der Waals surface area contributed by atoms with Crippen molar-refractivity contribution in [2.24, 2.45) is 5.11 Å². The van der Waals surface area contributed by atoms with Crippen LogP contribution in [-0.4, -0.2) is 65.3 Å². The van der Waals surface area contributed by atoms with Crippen LogP contribution >= 0.6 is 23.5 Å². The van der Waals surface area contributed by atoms with E-state index in [1.807, 2.05) is 0 Å². The van der Waals surface area contributed by atoms with Crippen molar-refractivity contribution in [3.05, 3.63) is 33.2 Å². The van der Waals surface area contributed by atoms with Crippen LogP contribution < -0.4 is 11.4 Å². The van der Waals surface area contributed by atoms with Gasteiger partial charge >= 0.3 is 29.2 Å². The van der Waals surface area contributed by atoms with Crippen molar-refractivity contribution in [1.82, 2.24) is 9.55 Å². The van der Waals surface area contributed by atoms with Crippen LogP contribution in [0.15, 0.2) is 22.2 Å². The highest BCUT2D eigenvalue weighted by molar-refractivity contribution is 7.66. The summed E-state index contributed by atoms with van der Waals surface area (Å²) in [7, 11) is -17.2. The summed E-state index contributed by atoms with van der Waals surface area (Å²) >= 11 is 0. The monoisotopic (exact) mass is 540 g/mol. The van der Waals surface area contributed by atoms with Crippen LogP contribution in [0.5, 0.6) is 0 Å². The number of nitrogens with zero attached hydrogens (tertiary/aromatic N) is 5. The summed E-state index contributed by atoms with van der Waals surface area (Å²) in [5.41, 5.74) is 10.4. The molecule has 2 unspecified atom stereocenters. The number of anilines is 1. The molecular weight excluding hydrogens is 524 g/mol. The molecule has 0 aliphatic carbocycles. The molecule has 186 valence electrons. The standard InChI is InChI=1S/C10H16FN6O13P3/c11-3-10(4-27-32(23,24)30-33(25,26)29-31(20,21)22)7(18)6(15-16-13)8(28-10)17-2-1-5(12)14-9(17)19/h1-2,6-8,18H,3-4H2,(H,23,24)(H,25,26)(H2,12,14,19)(H2,20,21,22)/t6-,7-,8+,10+/m0/s1. The van der Waals surface area contributed by atoms with Gasteiger partial charge in [0.05, 0.1) is 6.61 Å². The Morgan fingerprint density at radius 3 is 2.45 bits per heavy atom. The number of ether oxygens (including phenoxy) is 1. The number of aliphatic hydroxyl groups is 1. The molecule has 23 heteroatoms. The van der Waals surface area contributed by atoms with Gasteiger partial charge in [0.2, 0.25) is 0 Å². The molecule has 0 bridgehead atoms. The van der Waals surface area contributed by atoms with Crippen molar-refractivity contribution in [3.63, 3.8) is 0 Å². The molecular formula is C10H16FN6O13P3. The fourth-order valence-electron chi connectivity index (χ4n) is 2.63. The quantitative estimate of drug-likeness (QED) is 0.0938. The Hall–Kier alpha value is -1.75. The van der Waals surface area contributed by atoms with E-state index >= 15 is 0 Å². The molecule has 0 aromatic carbocycles. The first-order chi connectivity index (χ1) is 15.0. The fourth-order valence-corrected chi connectivity index (χ4v) is 5.71. The van der Waals surface area contributed by atoms with E-state index in [1.54, 1.807) is 0 Å². The molecule has 19 nitrogen and oxygen atoms in total. The van der Waals surface area contributed by atoms with Crippen LogP contribution in [0.3, 0.4) is 0 Å². The van der Waals surface area contributed by atoms with Gasteiger partial charge in [0.25, 0.3) is 0 Å². The van der Waals surface area contributed by atoms with Crippen LogP contribution in [0.1, 0.15) is 6.23 Å². The molecule has 7 N–H and O–H groups in total. The average molecular weight is 540 g/mol. The molecule has 1 aromatic heterocycles. The zero-order chi connectivity index (χ0) is 25.2. The second kappa shape index (κ2) is 9.85. The van der Waals surface area contributed by atoms with Crippen LogP contribution in [0, 0.1) is 0 Å². The summed E-state index contributed by atoms with van der Waals surface area (Å²) in [6.45, 7) is -3.10. The number of nitrogen functional groups attached to an aromatic ring is 1. The van der Waals surface area contributed by atoms with E-state index in [0.717, 1.165) is 12.3 Å². The Kier molecular flexibility index (Phi) is 8.21. The summed E-state index contributed by atoms with van der Waals surface area (Å²) in [5, 5.41) is 13.7. The molecule has 1 fully saturated rings. The summed E-state index contributed by atoms with van der Waals surface area (Å²) < 4.78 is 65.2. The van der Waals surface area contributed by atoms with Gasteiger partial charge in [-0.25, -0.2) is 22.9 Å². The van der Waals surface area contributed by atoms with E-state index in [2.05, 4.69) is 28.2 Å². The number of hydrogen-bond acceptors (Lipinski definition) is 12. The molecule has 1 aliphatic rings. The van der Waals surface area contributed by atoms with Crippen molar-refractivity contribution in [2.45, 2.75) is 24.0 Å². The van der Waals surface area contributed by atoms with Crippen molar-refractivity contribution in [1.29, 1.82) is 0 Å². The lowest BCUT2D eigenvalue weighted by molar-refractivity contribution is -0.135. The van der Waals surface area contributed by atoms with E-state index in [9.17, 15) is 32.9 Å². The summed E-state index contributed by atoms with van der Waals surface area (Å²) in [6.07, 6.45) is -2.82. The predicted octanol–water partition coefficient (Wildman–Crippen LogP) is -0.554. The minimum atomic E-state index is -5.87. The summed E-state index contributed by atoms with van der Waals surface area (Å²) in [4.78, 5) is 53.6. The van der Waals surface area contributed by atoms with E-state index in [0.29, 0.717) is 4.57 Å². The van der Waals surface area contributed by atoms with Gasteiger partial charge in [0.15, 0.2) is 6.23 Å². The smallest absolute Gasteiger partial charge is 0.389 e. The largest absolute Gasteiger partial charge is 0.490 e. The van der Waals surface area contributed by atoms with Crippen LogP contribution in [0.4, 0.5) is 10.2 Å². The zero-order valence-electron chi connectivity index (χ0n) is 15.8. The number of hydrogen-bond donors (Lipinski definition) is 6. The van der Waals surface area contributed by atoms with E-state index in [-0.39, 0.29) is 5.82 Å². The first-order valence-corrected chi connectivity index (χ1v) is 12.7. The second-order valence-corrected chi connectivity index (χ2v) is 10.7. The number of aliphatic hydroxyl groups excluding tert-OH is 1. The highest BCUT2D eigenvalue weighted by atomic mass is 31.3. The Morgan fingerprint density at radius 2 is 1.94 bits per heavy atom. The van der Waals surface area contributed by atoms with Crippen molar-refractivity contribution >= 4 is 29.3 Å². The molecule has 1 saturated heterocycles. The number of halogens is 1. The maximum absolute atomic E-state index is 13.9. The number of aromatic nitrogens is 2. The van der Waals surface area contributed by atoms with Gasteiger partial charge in [-0.05, 0) is 11.6 Å². The normalized spacial score (nSPS) is 29.1. The number of alkyl halides is 1. The minimum absolute atomic E-state index is 0.209. The molecule has 1 aromatic rings. The lowest BCUT2D eigenvalue weighted by atomic mass is 9.96. The van der Waals surface area contributed by atoms with Crippen molar-refractivity contribution in [3.8, 4) is 0 Å². The number of azide groups is 1. The number of rotatable bonds is 10. The minimum Gasteiger partial charge on any atom is -0.389 e. The summed E-state index contributed by atoms with van der Waals surface area (Å²) in [6, 6.07) is -0.593. The topological polar surface area (TPSA) is 299 Å². The Labute approximate surface area is 181 Å². The maximum Gasteiger partial charge on any atom is 0.490 e. The first kappa shape index (κ1) is 27.5. The molecule has 33 heavy (non-hydrogen) atoms. The molecule has 1 aliphatic heterocycles. The van der Waals surface area contributed by atoms with Gasteiger partial charge in [-0.15, -0.1) is 0 Å². The van der Waals surface area contributed by atoms with Gasteiger partial charge in [0, 0.05) is 11.1 Å². The zero-order valence-corrected chi connectivity index (χ0v) is 18.5. The predicted molar refractivity (Wildman–Crippen MR) is 100 cm³/mol. The van der Waals surface area contributed by atoms with Crippen molar-refractivity contribution in [2.75, 3.05) is 19.0 Å². The third-order valence-corrected chi connectivity index (χ3v) is 7.72. The Morgan fingerprint density at radius 1 is 1.30 bits per heavy atom. The van der Waals surface area contributed by atoms with E-state index < -0.39 is 66.4 Å². The molecule has 0 radical (unpaired) electrons. The molecule has 0 saturated carbocycles. The van der Waals surface area contributed by atoms with Gasteiger partial charge in [-0.1, -0.05) is 5.11 Å². The van der Waals surface area contributed by atoms with E-state index in [1.165, 1.54) is 0 Å². The molecule has 6 atom stereocenters. The average Bonchev–Trinajstić information content (AvgIpc) is 2.90. The van der Waals surface area contributed by atoms with Crippen molar-refractivity contribution < 1.29 is 60.6 Å². The first-order valence-electron chi connectivity index (χ1n) is 8.14. The molecule has 0 spiro atoms. The number of nitrogens with two attached hydrogens (primary N) is 1. The third-order valence-electron chi connectivity index (χ3n) is 3.93. The third kappa shape index (κ3) is 6.88. The van der Waals surface area contributed by atoms with Gasteiger partial charge in [-0.2, -0.15) is 13.6 Å². The van der Waals surface area contributed by atoms with Gasteiger partial charge in [0.1, 0.15) is 30.2 Å². The van der Waals surface area contributed by atoms with Gasteiger partial charge < -0.3 is 35.2 Å². The lowest BCUT2D eigenvalue weighted by Crippen LogP contribution is -2.48. The molecule has 2 rings (SSSR count). The molecule has 2 heterocycles. The summed E-state index contributed by atoms with van der Waals surface area (Å²) in [5.74, 6) is -0.209. The molecule has 0 amide bonds. The highest BCUT2D eigenvalue weighted by Gasteiger charge is 2.57. The van der Waals surface area contributed by atoms with Crippen LogP contribution in [0.25, 0.3) is 10.4 Å². The lowest BCUT2D eigenvalue weighted by Gasteiger charge is -2.29. The van der Waals surface area contributed by atoms with Gasteiger partial charge in [-0.3, -0.25) is 9.09 Å². The number of phosphoric ester groups is 1. The fraction of sp³-hybridized carbons (Fsp3) is 0.600. The van der Waals surface area contributed by atoms with Crippen LogP contribution in [-0.2, 0) is 31.6 Å². The van der Waals surface area contributed by atoms with Crippen LogP contribution in [0.2, 0.25) is 0 Å². The Balaban J connectivity index is 2.31. The highest BCUT2D eigenvalue weighted by Crippen LogP contribution is 2.66. The Bertz CT molecular complexity index is 1140. The number of phosphoric acid groups is 3. The SMILES string of the molecule is [N-]=[N+]=N[C@@H]1[C@H](n2ccc(N)nc2=O)O[C@](CF)(COP(=O)(O)OP(=O)(O)OP(=O)(O)O)[C@H]1O.